The lowest BCUT2D eigenvalue weighted by Crippen LogP contribution is -2.41. The number of rotatable bonds is 7. The van der Waals surface area contributed by atoms with E-state index in [1.165, 1.54) is 11.8 Å². The third-order valence-corrected chi connectivity index (χ3v) is 3.81. The average molecular weight is 284 g/mol. The van der Waals surface area contributed by atoms with Crippen LogP contribution in [-0.4, -0.2) is 43.5 Å². The van der Waals surface area contributed by atoms with Gasteiger partial charge in [-0.05, 0) is 19.3 Å². The Morgan fingerprint density at radius 3 is 2.95 bits per heavy atom. The zero-order valence-electron chi connectivity index (χ0n) is 10.6. The van der Waals surface area contributed by atoms with E-state index in [2.05, 4.69) is 15.5 Å². The number of amides is 1. The molecule has 1 aliphatic rings. The van der Waals surface area contributed by atoms with Crippen LogP contribution in [0.2, 0.25) is 0 Å². The molecule has 1 aromatic rings. The summed E-state index contributed by atoms with van der Waals surface area (Å²) in [6.07, 6.45) is 4.28. The maximum atomic E-state index is 11.7. The zero-order chi connectivity index (χ0) is 13.8. The topological polar surface area (TPSA) is 97.1 Å². The lowest BCUT2D eigenvalue weighted by atomic mass is 10.2. The zero-order valence-corrected chi connectivity index (χ0v) is 11.4. The summed E-state index contributed by atoms with van der Waals surface area (Å²) in [4.78, 5) is 22.5. The molecule has 19 heavy (non-hydrogen) atoms. The summed E-state index contributed by atoms with van der Waals surface area (Å²) in [6, 6.07) is -0.364. The molecule has 0 unspecified atom stereocenters. The van der Waals surface area contributed by atoms with Crippen molar-refractivity contribution < 1.29 is 14.7 Å². The molecule has 8 heteroatoms. The number of thioether (sulfide) groups is 1. The highest BCUT2D eigenvalue weighted by Gasteiger charge is 2.26. The number of carboxylic acid groups (broad SMARTS) is 1. The first-order chi connectivity index (χ1) is 9.11. The number of aliphatic carboxylic acids is 1. The third-order valence-electron chi connectivity index (χ3n) is 2.85. The molecule has 0 radical (unpaired) electrons. The van der Waals surface area contributed by atoms with Gasteiger partial charge in [0.1, 0.15) is 12.4 Å². The van der Waals surface area contributed by atoms with Crippen molar-refractivity contribution in [2.24, 2.45) is 0 Å². The van der Waals surface area contributed by atoms with Crippen LogP contribution in [0.1, 0.15) is 32.2 Å². The Hall–Kier alpha value is -1.57. The van der Waals surface area contributed by atoms with Crippen LogP contribution in [0.15, 0.2) is 11.5 Å². The van der Waals surface area contributed by atoms with E-state index in [1.54, 1.807) is 13.3 Å². The highest BCUT2D eigenvalue weighted by molar-refractivity contribution is 7.99. The second-order valence-electron chi connectivity index (χ2n) is 4.41. The van der Waals surface area contributed by atoms with Crippen LogP contribution < -0.4 is 5.32 Å². The monoisotopic (exact) mass is 284 g/mol. The van der Waals surface area contributed by atoms with Crippen molar-refractivity contribution in [3.8, 4) is 0 Å². The largest absolute Gasteiger partial charge is 0.480 e. The Bertz CT molecular complexity index is 472. The molecule has 2 rings (SSSR count). The molecular formula is C11H16N4O3S. The van der Waals surface area contributed by atoms with E-state index in [-0.39, 0.29) is 11.7 Å². The average Bonchev–Trinajstić information content (AvgIpc) is 3.12. The number of aromatic nitrogens is 3. The van der Waals surface area contributed by atoms with E-state index < -0.39 is 12.0 Å². The predicted molar refractivity (Wildman–Crippen MR) is 68.9 cm³/mol. The van der Waals surface area contributed by atoms with Crippen LogP contribution in [0, 0.1) is 0 Å². The number of nitrogens with one attached hydrogen (secondary N) is 1. The van der Waals surface area contributed by atoms with Crippen LogP contribution in [0.25, 0.3) is 0 Å². The van der Waals surface area contributed by atoms with Crippen LogP contribution in [-0.2, 0) is 9.59 Å². The van der Waals surface area contributed by atoms with Gasteiger partial charge in [0.25, 0.3) is 0 Å². The summed E-state index contributed by atoms with van der Waals surface area (Å²) in [6.45, 7) is 1.72. The number of carboxylic acids is 1. The molecule has 0 aliphatic heterocycles. The standard InChI is InChI=1S/C11H16N4O3S/c1-2-8(10(17)18)13-9(16)5-19-11-14-12-6-15(11)7-3-4-7/h6-8H,2-5H2,1H3,(H,13,16)(H,17,18)/t8-/m1/s1. The number of hydrogen-bond donors (Lipinski definition) is 2. The van der Waals surface area contributed by atoms with Crippen molar-refractivity contribution in [2.75, 3.05) is 5.75 Å². The third kappa shape index (κ3) is 3.69. The lowest BCUT2D eigenvalue weighted by Gasteiger charge is -2.11. The minimum Gasteiger partial charge on any atom is -0.480 e. The van der Waals surface area contributed by atoms with E-state index in [1.807, 2.05) is 4.57 Å². The molecule has 1 aliphatic carbocycles. The molecule has 7 nitrogen and oxygen atoms in total. The Labute approximate surface area is 114 Å². The van der Waals surface area contributed by atoms with Crippen LogP contribution in [0.4, 0.5) is 0 Å². The highest BCUT2D eigenvalue weighted by atomic mass is 32.2. The molecule has 0 bridgehead atoms. The van der Waals surface area contributed by atoms with Crippen LogP contribution in [0.5, 0.6) is 0 Å². The molecule has 104 valence electrons. The number of carbonyl (C=O) groups is 2. The SMILES string of the molecule is CC[C@@H](NC(=O)CSc1nncn1C1CC1)C(=O)O. The highest BCUT2D eigenvalue weighted by Crippen LogP contribution is 2.37. The van der Waals surface area contributed by atoms with Gasteiger partial charge in [-0.3, -0.25) is 4.79 Å². The normalized spacial score (nSPS) is 16.1. The van der Waals surface area contributed by atoms with Crippen molar-refractivity contribution in [3.63, 3.8) is 0 Å². The smallest absolute Gasteiger partial charge is 0.326 e. The molecule has 0 aromatic carbocycles. The molecule has 2 N–H and O–H groups in total. The first-order valence-electron chi connectivity index (χ1n) is 6.16. The van der Waals surface area contributed by atoms with Gasteiger partial charge in [-0.2, -0.15) is 0 Å². The minimum atomic E-state index is -1.01. The fourth-order valence-corrected chi connectivity index (χ4v) is 2.44. The van der Waals surface area contributed by atoms with Gasteiger partial charge in [0, 0.05) is 6.04 Å². The summed E-state index contributed by atoms with van der Waals surface area (Å²) in [7, 11) is 0. The molecule has 1 atom stereocenters. The summed E-state index contributed by atoms with van der Waals surface area (Å²) < 4.78 is 1.96. The van der Waals surface area contributed by atoms with Crippen LogP contribution in [0.3, 0.4) is 0 Å². The number of hydrogen-bond acceptors (Lipinski definition) is 5. The molecule has 1 heterocycles. The molecular weight excluding hydrogens is 268 g/mol. The maximum Gasteiger partial charge on any atom is 0.326 e. The van der Waals surface area contributed by atoms with Crippen molar-refractivity contribution in [2.45, 2.75) is 43.4 Å². The first kappa shape index (κ1) is 13.9. The number of nitrogens with zero attached hydrogens (tertiary/aromatic N) is 3. The quantitative estimate of drug-likeness (QED) is 0.715. The van der Waals surface area contributed by atoms with Gasteiger partial charge in [-0.1, -0.05) is 18.7 Å². The molecule has 0 spiro atoms. The van der Waals surface area contributed by atoms with E-state index in [0.29, 0.717) is 17.6 Å². The second-order valence-corrected chi connectivity index (χ2v) is 5.35. The molecule has 1 aromatic heterocycles. The van der Waals surface area contributed by atoms with E-state index in [9.17, 15) is 9.59 Å². The number of carbonyl (C=O) groups excluding carboxylic acids is 1. The van der Waals surface area contributed by atoms with Gasteiger partial charge in [-0.15, -0.1) is 10.2 Å². The Balaban J connectivity index is 1.82. The Kier molecular flexibility index (Phi) is 4.41. The fraction of sp³-hybridized carbons (Fsp3) is 0.636. The summed E-state index contributed by atoms with van der Waals surface area (Å²) in [5, 5.41) is 19.8. The van der Waals surface area contributed by atoms with E-state index in [0.717, 1.165) is 12.8 Å². The van der Waals surface area contributed by atoms with Gasteiger partial charge in [0.15, 0.2) is 5.16 Å². The molecule has 0 saturated heterocycles. The second kappa shape index (κ2) is 6.05. The summed E-state index contributed by atoms with van der Waals surface area (Å²) >= 11 is 1.28. The lowest BCUT2D eigenvalue weighted by molar-refractivity contribution is -0.141. The molecule has 1 amide bonds. The fourth-order valence-electron chi connectivity index (χ4n) is 1.64. The van der Waals surface area contributed by atoms with E-state index in [4.69, 9.17) is 5.11 Å². The maximum absolute atomic E-state index is 11.7. The Morgan fingerprint density at radius 1 is 1.63 bits per heavy atom. The summed E-state index contributed by atoms with van der Waals surface area (Å²) in [5.41, 5.74) is 0. The van der Waals surface area contributed by atoms with Gasteiger partial charge >= 0.3 is 5.97 Å². The predicted octanol–water partition coefficient (Wildman–Crippen LogP) is 0.684. The molecule has 1 fully saturated rings. The van der Waals surface area contributed by atoms with Gasteiger partial charge in [-0.25, -0.2) is 4.79 Å². The Morgan fingerprint density at radius 2 is 2.37 bits per heavy atom. The van der Waals surface area contributed by atoms with Crippen molar-refractivity contribution >= 4 is 23.6 Å². The van der Waals surface area contributed by atoms with Gasteiger partial charge in [0.2, 0.25) is 5.91 Å². The van der Waals surface area contributed by atoms with Crippen molar-refractivity contribution in [1.82, 2.24) is 20.1 Å². The molecule has 1 saturated carbocycles. The van der Waals surface area contributed by atoms with Crippen LogP contribution >= 0.6 is 11.8 Å². The minimum absolute atomic E-state index is 0.148. The first-order valence-corrected chi connectivity index (χ1v) is 7.14. The van der Waals surface area contributed by atoms with Crippen molar-refractivity contribution in [1.29, 1.82) is 0 Å². The summed E-state index contributed by atoms with van der Waals surface area (Å²) in [5.74, 6) is -1.17. The van der Waals surface area contributed by atoms with E-state index >= 15 is 0 Å². The van der Waals surface area contributed by atoms with Gasteiger partial charge in [0.05, 0.1) is 5.75 Å². The van der Waals surface area contributed by atoms with Gasteiger partial charge < -0.3 is 15.0 Å². The van der Waals surface area contributed by atoms with Crippen molar-refractivity contribution in [3.05, 3.63) is 6.33 Å².